The van der Waals surface area contributed by atoms with E-state index in [2.05, 4.69) is 15.3 Å². The van der Waals surface area contributed by atoms with Gasteiger partial charge in [-0.2, -0.15) is 10.3 Å². The van der Waals surface area contributed by atoms with E-state index in [0.29, 0.717) is 10.5 Å². The van der Waals surface area contributed by atoms with Crippen molar-refractivity contribution in [1.82, 2.24) is 19.7 Å². The Morgan fingerprint density at radius 2 is 2.00 bits per heavy atom. The van der Waals surface area contributed by atoms with Crippen molar-refractivity contribution in [2.45, 2.75) is 63.3 Å². The lowest BCUT2D eigenvalue weighted by Crippen LogP contribution is -2.52. The summed E-state index contributed by atoms with van der Waals surface area (Å²) in [7, 11) is -4.38. The lowest BCUT2D eigenvalue weighted by atomic mass is 9.80. The number of fused-ring (bicyclic) bond motifs is 1. The molecule has 0 radical (unpaired) electrons. The van der Waals surface area contributed by atoms with E-state index >= 15 is 0 Å². The Morgan fingerprint density at radius 3 is 2.63 bits per heavy atom. The second-order valence-electron chi connectivity index (χ2n) is 9.91. The maximum Gasteiger partial charge on any atom is 0.459 e. The molecule has 1 aromatic carbocycles. The van der Waals surface area contributed by atoms with Crippen molar-refractivity contribution in [2.24, 2.45) is 0 Å². The van der Waals surface area contributed by atoms with Crippen molar-refractivity contribution in [3.63, 3.8) is 0 Å². The van der Waals surface area contributed by atoms with Gasteiger partial charge in [0.2, 0.25) is 5.60 Å². The van der Waals surface area contributed by atoms with Crippen LogP contribution >= 0.6 is 19.3 Å². The fourth-order valence-corrected chi connectivity index (χ4v) is 6.03. The molecule has 0 amide bonds. The number of hydrogen-bond donors (Lipinski definition) is 4. The molecule has 1 fully saturated rings. The largest absolute Gasteiger partial charge is 0.462 e. The number of nitriles is 1. The molecule has 16 heteroatoms. The number of hydrogen-bond acceptors (Lipinski definition) is 12. The molecule has 0 bridgehead atoms. The van der Waals surface area contributed by atoms with Crippen molar-refractivity contribution in [2.75, 3.05) is 12.3 Å². The number of carbonyl (C=O) groups excluding carboxylic acids is 1. The Balaban J connectivity index is 1.62. The third-order valence-electron chi connectivity index (χ3n) is 6.51. The summed E-state index contributed by atoms with van der Waals surface area (Å²) >= 11 is 5.93. The highest BCUT2D eigenvalue weighted by atomic mass is 35.5. The Morgan fingerprint density at radius 1 is 1.32 bits per heavy atom. The highest BCUT2D eigenvalue weighted by molar-refractivity contribution is 7.52. The maximum absolute atomic E-state index is 13.9. The zero-order valence-corrected chi connectivity index (χ0v) is 24.2. The first kappa shape index (κ1) is 30.7. The van der Waals surface area contributed by atoms with Crippen molar-refractivity contribution in [3.8, 4) is 11.8 Å². The summed E-state index contributed by atoms with van der Waals surface area (Å²) in [4.78, 5) is 12.4. The van der Waals surface area contributed by atoms with Crippen LogP contribution in [0.15, 0.2) is 42.7 Å². The summed E-state index contributed by atoms with van der Waals surface area (Å²) in [5.41, 5.74) is 2.08. The number of nitrogens with zero attached hydrogens (tertiary/aromatic N) is 4. The minimum atomic E-state index is -4.38. The number of esters is 1. The summed E-state index contributed by atoms with van der Waals surface area (Å²) in [5, 5.41) is 43.2. The number of benzene rings is 1. The van der Waals surface area contributed by atoms with E-state index in [9.17, 15) is 24.8 Å². The fourth-order valence-electron chi connectivity index (χ4n) is 4.40. The minimum absolute atomic E-state index is 0.0707. The third kappa shape index (κ3) is 5.89. The molecule has 0 saturated carbocycles. The van der Waals surface area contributed by atoms with Gasteiger partial charge in [-0.05, 0) is 64.1 Å². The zero-order valence-electron chi connectivity index (χ0n) is 22.6. The Hall–Kier alpha value is -3.28. The van der Waals surface area contributed by atoms with Gasteiger partial charge in [0.05, 0.1) is 23.9 Å². The van der Waals surface area contributed by atoms with Crippen molar-refractivity contribution in [3.05, 3.63) is 53.4 Å². The van der Waals surface area contributed by atoms with E-state index < -0.39 is 55.9 Å². The van der Waals surface area contributed by atoms with Crippen LogP contribution in [0.25, 0.3) is 5.52 Å². The topological polar surface area (TPSA) is 204 Å². The van der Waals surface area contributed by atoms with Crippen LogP contribution in [0.1, 0.15) is 33.4 Å². The molecule has 1 saturated heterocycles. The van der Waals surface area contributed by atoms with E-state index in [4.69, 9.17) is 35.9 Å². The lowest BCUT2D eigenvalue weighted by Gasteiger charge is -2.33. The van der Waals surface area contributed by atoms with Crippen molar-refractivity contribution >= 4 is 36.7 Å². The smallest absolute Gasteiger partial charge is 0.459 e. The van der Waals surface area contributed by atoms with Gasteiger partial charge < -0.3 is 29.9 Å². The van der Waals surface area contributed by atoms with Crippen LogP contribution in [-0.4, -0.2) is 67.3 Å². The average Bonchev–Trinajstić information content (AvgIpc) is 3.42. The molecule has 1 aliphatic heterocycles. The molecule has 41 heavy (non-hydrogen) atoms. The highest BCUT2D eigenvalue weighted by Crippen LogP contribution is 2.50. The molecule has 3 heterocycles. The highest BCUT2D eigenvalue weighted by Gasteiger charge is 2.65. The number of anilines is 1. The van der Waals surface area contributed by atoms with Crippen LogP contribution in [0.2, 0.25) is 5.02 Å². The Kier molecular flexibility index (Phi) is 8.63. The molecule has 0 aliphatic carbocycles. The number of aliphatic hydroxyl groups excluding tert-OH is 1. The summed E-state index contributed by atoms with van der Waals surface area (Å²) in [6.07, 6.45) is -2.23. The van der Waals surface area contributed by atoms with Crippen LogP contribution in [0, 0.1) is 11.3 Å². The van der Waals surface area contributed by atoms with Crippen LogP contribution < -0.4 is 15.3 Å². The number of ether oxygens (including phenoxy) is 2. The van der Waals surface area contributed by atoms with Gasteiger partial charge in [-0.15, -0.1) is 10.2 Å². The average molecular weight is 609 g/mol. The van der Waals surface area contributed by atoms with Crippen LogP contribution in [0.3, 0.4) is 0 Å². The van der Waals surface area contributed by atoms with Gasteiger partial charge in [0, 0.05) is 5.02 Å². The molecular weight excluding hydrogens is 579 g/mol. The summed E-state index contributed by atoms with van der Waals surface area (Å²) < 4.78 is 37.7. The van der Waals surface area contributed by atoms with Gasteiger partial charge >= 0.3 is 13.7 Å². The normalized spacial score (nSPS) is 26.4. The number of nitrogens with one attached hydrogen (secondary N) is 1. The zero-order chi connectivity index (χ0) is 30.2. The molecule has 4 rings (SSSR count). The number of nitrogen functional groups attached to an aromatic ring is 1. The van der Waals surface area contributed by atoms with E-state index in [1.54, 1.807) is 19.9 Å². The molecule has 220 valence electrons. The number of nitrogens with two attached hydrogens (primary N) is 1. The van der Waals surface area contributed by atoms with Gasteiger partial charge in [-0.1, -0.05) is 11.6 Å². The Bertz CT molecular complexity index is 1510. The van der Waals surface area contributed by atoms with Crippen LogP contribution in [0.4, 0.5) is 5.82 Å². The van der Waals surface area contributed by atoms with Gasteiger partial charge in [-0.3, -0.25) is 13.7 Å². The first-order chi connectivity index (χ1) is 19.2. The molecular formula is C25H30ClN6O8P. The predicted molar refractivity (Wildman–Crippen MR) is 146 cm³/mol. The number of halogens is 1. The minimum Gasteiger partial charge on any atom is -0.462 e. The summed E-state index contributed by atoms with van der Waals surface area (Å²) in [6.45, 7) is 5.32. The second-order valence-corrected chi connectivity index (χ2v) is 12.0. The van der Waals surface area contributed by atoms with Crippen LogP contribution in [-0.2, 0) is 29.0 Å². The molecule has 5 N–H and O–H groups in total. The van der Waals surface area contributed by atoms with Gasteiger partial charge in [0.25, 0.3) is 0 Å². The molecule has 6 atom stereocenters. The van der Waals surface area contributed by atoms with E-state index in [1.165, 1.54) is 54.9 Å². The van der Waals surface area contributed by atoms with E-state index in [-0.39, 0.29) is 17.3 Å². The standard InChI is InChI=1S/C25H30ClN6O8P/c1-14(2)38-23(34)15(3)31-41(36,40-17-7-5-16(26)6-8-17)37-11-19-21(33)24(4,35)25(12-27,39-19)20-10-9-18-22(28)30-29-13-32(18)20/h5-10,13-15,19,21,33,35H,11H2,1-4H3,(H2,28,30)(H,31,36)/t15-,19+,21+,24+,25-,41?/m0/s1. The van der Waals surface area contributed by atoms with Gasteiger partial charge in [0.1, 0.15) is 42.0 Å². The third-order valence-corrected chi connectivity index (χ3v) is 8.40. The van der Waals surface area contributed by atoms with Crippen LogP contribution in [0.5, 0.6) is 5.75 Å². The molecule has 2 aromatic heterocycles. The molecule has 1 unspecified atom stereocenters. The monoisotopic (exact) mass is 608 g/mol. The predicted octanol–water partition coefficient (Wildman–Crippen LogP) is 2.33. The quantitative estimate of drug-likeness (QED) is 0.193. The SMILES string of the molecule is CC(C)OC(=O)[C@H](C)NP(=O)(OC[C@H]1O[C@@](C#N)(c2ccc3c(N)nncn23)[C@](C)(O)[C@@H]1O)Oc1ccc(Cl)cc1. The second kappa shape index (κ2) is 11.5. The van der Waals surface area contributed by atoms with Gasteiger partial charge in [0.15, 0.2) is 5.82 Å². The number of carbonyl (C=O) groups is 1. The van der Waals surface area contributed by atoms with E-state index in [1.807, 2.05) is 6.07 Å². The lowest BCUT2D eigenvalue weighted by molar-refractivity contribution is -0.149. The molecule has 14 nitrogen and oxygen atoms in total. The van der Waals surface area contributed by atoms with Crippen molar-refractivity contribution < 1.29 is 38.1 Å². The summed E-state index contributed by atoms with van der Waals surface area (Å²) in [6, 6.07) is 9.75. The maximum atomic E-state index is 13.9. The van der Waals surface area contributed by atoms with Gasteiger partial charge in [-0.25, -0.2) is 4.57 Å². The first-order valence-corrected chi connectivity index (χ1v) is 14.4. The van der Waals surface area contributed by atoms with E-state index in [0.717, 1.165) is 0 Å². The fraction of sp³-hybridized carbons (Fsp3) is 0.440. The first-order valence-electron chi connectivity index (χ1n) is 12.5. The number of rotatable bonds is 10. The number of aliphatic hydroxyl groups is 2. The molecule has 3 aromatic rings. The number of aromatic nitrogens is 3. The summed E-state index contributed by atoms with van der Waals surface area (Å²) in [5.74, 6) is -0.546. The molecule has 0 spiro atoms. The van der Waals surface area contributed by atoms with Crippen molar-refractivity contribution in [1.29, 1.82) is 5.26 Å². The Labute approximate surface area is 240 Å². The molecule has 1 aliphatic rings.